The average Bonchev–Trinajstić information content (AvgIpc) is 2.48. The fourth-order valence-corrected chi connectivity index (χ4v) is 4.23. The van der Waals surface area contributed by atoms with Gasteiger partial charge in [0.05, 0.1) is 12.2 Å². The van der Waals surface area contributed by atoms with Crippen LogP contribution in [-0.2, 0) is 11.3 Å². The molecule has 0 bridgehead atoms. The Labute approximate surface area is 145 Å². The largest absolute Gasteiger partial charge is 0.373 e. The average molecular weight is 337 g/mol. The Morgan fingerprint density at radius 1 is 1.09 bits per heavy atom. The molecule has 0 aliphatic carbocycles. The molecule has 3 rings (SSSR count). The number of halogens is 1. The van der Waals surface area contributed by atoms with E-state index in [-0.39, 0.29) is 0 Å². The minimum Gasteiger partial charge on any atom is -0.373 e. The summed E-state index contributed by atoms with van der Waals surface area (Å²) >= 11 is 6.08. The van der Waals surface area contributed by atoms with Gasteiger partial charge in [0.25, 0.3) is 0 Å². The number of hydrogen-bond donors (Lipinski definition) is 0. The third-order valence-corrected chi connectivity index (χ3v) is 5.25. The van der Waals surface area contributed by atoms with E-state index in [0.717, 1.165) is 30.6 Å². The molecule has 0 radical (unpaired) electrons. The fourth-order valence-electron chi connectivity index (χ4n) is 4.02. The summed E-state index contributed by atoms with van der Waals surface area (Å²) in [5.41, 5.74) is 1.33. The first-order valence-electron chi connectivity index (χ1n) is 8.93. The molecular formula is C19H29ClN2O. The van der Waals surface area contributed by atoms with E-state index in [1.165, 1.54) is 38.0 Å². The van der Waals surface area contributed by atoms with Gasteiger partial charge in [-0.3, -0.25) is 9.80 Å². The standard InChI is InChI=1S/C19H29ClN2O/c1-15-11-22(12-16(2)23-15)13-17-6-8-21(9-7-17)14-18-4-3-5-19(20)10-18/h3-5,10,15-17H,6-9,11-14H2,1-2H3. The predicted molar refractivity (Wildman–Crippen MR) is 95.9 cm³/mol. The molecule has 2 aliphatic heterocycles. The summed E-state index contributed by atoms with van der Waals surface area (Å²) in [5, 5.41) is 0.841. The Kier molecular flexibility index (Phi) is 5.97. The van der Waals surface area contributed by atoms with E-state index in [9.17, 15) is 0 Å². The minimum absolute atomic E-state index is 0.377. The summed E-state index contributed by atoms with van der Waals surface area (Å²) in [5.74, 6) is 0.836. The highest BCUT2D eigenvalue weighted by atomic mass is 35.5. The van der Waals surface area contributed by atoms with Gasteiger partial charge in [-0.1, -0.05) is 23.7 Å². The van der Waals surface area contributed by atoms with Crippen LogP contribution in [0.5, 0.6) is 0 Å². The van der Waals surface area contributed by atoms with Crippen molar-refractivity contribution < 1.29 is 4.74 Å². The van der Waals surface area contributed by atoms with Crippen molar-refractivity contribution in [2.45, 2.75) is 45.4 Å². The second-order valence-corrected chi connectivity index (χ2v) is 7.76. The molecule has 0 amide bonds. The number of benzene rings is 1. The number of ether oxygens (including phenoxy) is 1. The molecule has 2 heterocycles. The van der Waals surface area contributed by atoms with Crippen molar-refractivity contribution in [3.8, 4) is 0 Å². The van der Waals surface area contributed by atoms with E-state index in [4.69, 9.17) is 16.3 Å². The minimum atomic E-state index is 0.377. The maximum atomic E-state index is 6.08. The molecule has 0 aromatic heterocycles. The Morgan fingerprint density at radius 2 is 1.78 bits per heavy atom. The van der Waals surface area contributed by atoms with Crippen LogP contribution in [0.1, 0.15) is 32.3 Å². The molecule has 2 saturated heterocycles. The molecule has 128 valence electrons. The summed E-state index contributed by atoms with van der Waals surface area (Å²) in [6, 6.07) is 8.26. The van der Waals surface area contributed by atoms with Gasteiger partial charge in [-0.15, -0.1) is 0 Å². The molecule has 1 aromatic carbocycles. The zero-order valence-electron chi connectivity index (χ0n) is 14.4. The lowest BCUT2D eigenvalue weighted by Gasteiger charge is -2.39. The number of nitrogens with zero attached hydrogens (tertiary/aromatic N) is 2. The van der Waals surface area contributed by atoms with E-state index in [2.05, 4.69) is 35.8 Å². The van der Waals surface area contributed by atoms with Gasteiger partial charge in [-0.05, 0) is 63.4 Å². The van der Waals surface area contributed by atoms with Crippen molar-refractivity contribution in [2.24, 2.45) is 5.92 Å². The van der Waals surface area contributed by atoms with Crippen molar-refractivity contribution >= 4 is 11.6 Å². The molecule has 23 heavy (non-hydrogen) atoms. The molecule has 2 fully saturated rings. The van der Waals surface area contributed by atoms with Crippen LogP contribution >= 0.6 is 11.6 Å². The van der Waals surface area contributed by atoms with Gasteiger partial charge in [0.15, 0.2) is 0 Å². The summed E-state index contributed by atoms with van der Waals surface area (Å²) in [4.78, 5) is 5.17. The first-order chi connectivity index (χ1) is 11.1. The first kappa shape index (κ1) is 17.2. The molecule has 0 N–H and O–H groups in total. The van der Waals surface area contributed by atoms with Crippen molar-refractivity contribution in [1.29, 1.82) is 0 Å². The van der Waals surface area contributed by atoms with Gasteiger partial charge in [0.2, 0.25) is 0 Å². The van der Waals surface area contributed by atoms with Crippen molar-refractivity contribution in [1.82, 2.24) is 9.80 Å². The van der Waals surface area contributed by atoms with Gasteiger partial charge in [0, 0.05) is 31.2 Å². The highest BCUT2D eigenvalue weighted by Gasteiger charge is 2.26. The predicted octanol–water partition coefficient (Wildman–Crippen LogP) is 3.66. The highest BCUT2D eigenvalue weighted by Crippen LogP contribution is 2.22. The van der Waals surface area contributed by atoms with Crippen LogP contribution in [0, 0.1) is 5.92 Å². The van der Waals surface area contributed by atoms with E-state index < -0.39 is 0 Å². The lowest BCUT2D eigenvalue weighted by atomic mass is 9.95. The van der Waals surface area contributed by atoms with E-state index in [1.807, 2.05) is 12.1 Å². The molecule has 2 atom stereocenters. The Bertz CT molecular complexity index is 492. The Hall–Kier alpha value is -0.610. The lowest BCUT2D eigenvalue weighted by Crippen LogP contribution is -2.48. The lowest BCUT2D eigenvalue weighted by molar-refractivity contribution is -0.0732. The topological polar surface area (TPSA) is 15.7 Å². The summed E-state index contributed by atoms with van der Waals surface area (Å²) in [6.07, 6.45) is 3.37. The zero-order valence-corrected chi connectivity index (χ0v) is 15.1. The van der Waals surface area contributed by atoms with Crippen LogP contribution in [0.2, 0.25) is 5.02 Å². The third-order valence-electron chi connectivity index (χ3n) is 5.01. The zero-order chi connectivity index (χ0) is 16.2. The quantitative estimate of drug-likeness (QED) is 0.834. The normalized spacial score (nSPS) is 28.1. The van der Waals surface area contributed by atoms with Crippen molar-refractivity contribution in [3.05, 3.63) is 34.9 Å². The van der Waals surface area contributed by atoms with E-state index in [1.54, 1.807) is 0 Å². The summed E-state index contributed by atoms with van der Waals surface area (Å²) < 4.78 is 5.84. The number of rotatable bonds is 4. The third kappa shape index (κ3) is 5.18. The molecular weight excluding hydrogens is 308 g/mol. The highest BCUT2D eigenvalue weighted by molar-refractivity contribution is 6.30. The second-order valence-electron chi connectivity index (χ2n) is 7.33. The number of morpholine rings is 1. The van der Waals surface area contributed by atoms with Crippen molar-refractivity contribution in [3.63, 3.8) is 0 Å². The Morgan fingerprint density at radius 3 is 2.43 bits per heavy atom. The van der Waals surface area contributed by atoms with Crippen LogP contribution in [0.3, 0.4) is 0 Å². The maximum absolute atomic E-state index is 6.08. The number of piperidine rings is 1. The smallest absolute Gasteiger partial charge is 0.0678 e. The van der Waals surface area contributed by atoms with Crippen LogP contribution in [0.25, 0.3) is 0 Å². The van der Waals surface area contributed by atoms with Crippen LogP contribution in [-0.4, -0.2) is 54.7 Å². The van der Waals surface area contributed by atoms with Crippen LogP contribution in [0.15, 0.2) is 24.3 Å². The van der Waals surface area contributed by atoms with Gasteiger partial charge < -0.3 is 4.74 Å². The molecule has 2 aliphatic rings. The molecule has 0 saturated carbocycles. The maximum Gasteiger partial charge on any atom is 0.0678 e. The second kappa shape index (κ2) is 7.98. The van der Waals surface area contributed by atoms with Gasteiger partial charge in [-0.2, -0.15) is 0 Å². The molecule has 3 nitrogen and oxygen atoms in total. The number of likely N-dealkylation sites (tertiary alicyclic amines) is 1. The van der Waals surface area contributed by atoms with E-state index >= 15 is 0 Å². The van der Waals surface area contributed by atoms with E-state index in [0.29, 0.717) is 12.2 Å². The van der Waals surface area contributed by atoms with Gasteiger partial charge >= 0.3 is 0 Å². The first-order valence-corrected chi connectivity index (χ1v) is 9.31. The van der Waals surface area contributed by atoms with Crippen LogP contribution in [0.4, 0.5) is 0 Å². The van der Waals surface area contributed by atoms with Gasteiger partial charge in [-0.25, -0.2) is 0 Å². The van der Waals surface area contributed by atoms with Gasteiger partial charge in [0.1, 0.15) is 0 Å². The molecule has 1 aromatic rings. The van der Waals surface area contributed by atoms with Crippen molar-refractivity contribution in [2.75, 3.05) is 32.7 Å². The monoisotopic (exact) mass is 336 g/mol. The summed E-state index contributed by atoms with van der Waals surface area (Å²) in [6.45, 7) is 11.2. The summed E-state index contributed by atoms with van der Waals surface area (Å²) in [7, 11) is 0. The molecule has 4 heteroatoms. The molecule has 2 unspecified atom stereocenters. The molecule has 0 spiro atoms. The Balaban J connectivity index is 1.43. The van der Waals surface area contributed by atoms with Crippen LogP contribution < -0.4 is 0 Å². The number of hydrogen-bond acceptors (Lipinski definition) is 3. The fraction of sp³-hybridized carbons (Fsp3) is 0.684. The SMILES string of the molecule is CC1CN(CC2CCN(Cc3cccc(Cl)c3)CC2)CC(C)O1.